The van der Waals surface area contributed by atoms with Crippen molar-refractivity contribution >= 4 is 11.8 Å². The summed E-state index contributed by atoms with van der Waals surface area (Å²) >= 11 is 0. The molecular formula is C11H13N3O2. The molecule has 1 aromatic heterocycles. The predicted molar refractivity (Wildman–Crippen MR) is 57.2 cm³/mol. The number of pyridine rings is 1. The van der Waals surface area contributed by atoms with Crippen LogP contribution in [0.3, 0.4) is 0 Å². The fraction of sp³-hybridized carbons (Fsp3) is 0.364. The molecule has 2 rings (SSSR count). The second-order valence-corrected chi connectivity index (χ2v) is 3.71. The first-order valence-electron chi connectivity index (χ1n) is 5.22. The number of aromatic nitrogens is 1. The van der Waals surface area contributed by atoms with Crippen LogP contribution >= 0.6 is 0 Å². The summed E-state index contributed by atoms with van der Waals surface area (Å²) in [4.78, 5) is 26.5. The highest BCUT2D eigenvalue weighted by atomic mass is 16.2. The summed E-state index contributed by atoms with van der Waals surface area (Å²) < 4.78 is 0. The molecule has 0 bridgehead atoms. The minimum atomic E-state index is -0.292. The molecule has 1 aliphatic rings. The maximum atomic E-state index is 11.4. The van der Waals surface area contributed by atoms with Crippen LogP contribution in [-0.2, 0) is 16.1 Å². The SMILES string of the molecule is O=C1CCC(NCc2ccccn2)C(=O)N1. The molecule has 2 heterocycles. The van der Waals surface area contributed by atoms with Crippen LogP contribution in [0, 0.1) is 0 Å². The molecule has 2 amide bonds. The quantitative estimate of drug-likeness (QED) is 0.701. The van der Waals surface area contributed by atoms with Crippen molar-refractivity contribution in [2.75, 3.05) is 0 Å². The van der Waals surface area contributed by atoms with Gasteiger partial charge in [-0.25, -0.2) is 0 Å². The maximum Gasteiger partial charge on any atom is 0.243 e. The monoisotopic (exact) mass is 219 g/mol. The lowest BCUT2D eigenvalue weighted by Gasteiger charge is -2.21. The van der Waals surface area contributed by atoms with Crippen molar-refractivity contribution in [3.05, 3.63) is 30.1 Å². The Labute approximate surface area is 93.3 Å². The third-order valence-corrected chi connectivity index (χ3v) is 2.49. The molecule has 5 heteroatoms. The standard InChI is InChI=1S/C11H13N3O2/c15-10-5-4-9(11(16)14-10)13-7-8-3-1-2-6-12-8/h1-3,6,9,13H,4-5,7H2,(H,14,15,16). The minimum Gasteiger partial charge on any atom is -0.300 e. The largest absolute Gasteiger partial charge is 0.300 e. The summed E-state index contributed by atoms with van der Waals surface area (Å²) in [6.45, 7) is 0.535. The van der Waals surface area contributed by atoms with Crippen LogP contribution in [0.5, 0.6) is 0 Å². The van der Waals surface area contributed by atoms with Crippen molar-refractivity contribution in [3.8, 4) is 0 Å². The molecule has 1 atom stereocenters. The van der Waals surface area contributed by atoms with Crippen molar-refractivity contribution in [1.29, 1.82) is 0 Å². The smallest absolute Gasteiger partial charge is 0.243 e. The number of hydrogen-bond donors (Lipinski definition) is 2. The average molecular weight is 219 g/mol. The van der Waals surface area contributed by atoms with Crippen molar-refractivity contribution in [3.63, 3.8) is 0 Å². The predicted octanol–water partition coefficient (Wildman–Crippen LogP) is -0.0236. The van der Waals surface area contributed by atoms with Gasteiger partial charge >= 0.3 is 0 Å². The Morgan fingerprint density at radius 2 is 2.31 bits per heavy atom. The van der Waals surface area contributed by atoms with Crippen LogP contribution in [0.25, 0.3) is 0 Å². The zero-order valence-electron chi connectivity index (χ0n) is 8.77. The number of nitrogens with one attached hydrogen (secondary N) is 2. The first kappa shape index (κ1) is 10.8. The van der Waals surface area contributed by atoms with Crippen LogP contribution in [0.1, 0.15) is 18.5 Å². The van der Waals surface area contributed by atoms with Crippen molar-refractivity contribution < 1.29 is 9.59 Å². The van der Waals surface area contributed by atoms with Crippen LogP contribution in [-0.4, -0.2) is 22.8 Å². The van der Waals surface area contributed by atoms with Gasteiger partial charge in [0.05, 0.1) is 11.7 Å². The zero-order valence-corrected chi connectivity index (χ0v) is 8.77. The number of amides is 2. The first-order chi connectivity index (χ1) is 7.75. The Kier molecular flexibility index (Phi) is 3.26. The number of hydrogen-bond acceptors (Lipinski definition) is 4. The number of rotatable bonds is 3. The molecule has 2 N–H and O–H groups in total. The summed E-state index contributed by atoms with van der Waals surface area (Å²) in [5.74, 6) is -0.437. The number of nitrogens with zero attached hydrogens (tertiary/aromatic N) is 1. The Morgan fingerprint density at radius 1 is 1.44 bits per heavy atom. The van der Waals surface area contributed by atoms with Crippen LogP contribution < -0.4 is 10.6 Å². The summed E-state index contributed by atoms with van der Waals surface area (Å²) in [7, 11) is 0. The molecular weight excluding hydrogens is 206 g/mol. The molecule has 5 nitrogen and oxygen atoms in total. The first-order valence-corrected chi connectivity index (χ1v) is 5.22. The summed E-state index contributed by atoms with van der Waals surface area (Å²) in [5, 5.41) is 5.39. The molecule has 1 saturated heterocycles. The molecule has 0 aromatic carbocycles. The number of piperidine rings is 1. The van der Waals surface area contributed by atoms with Gasteiger partial charge in [0.1, 0.15) is 0 Å². The summed E-state index contributed by atoms with van der Waals surface area (Å²) in [6, 6.07) is 5.34. The lowest BCUT2D eigenvalue weighted by Crippen LogP contribution is -2.50. The second-order valence-electron chi connectivity index (χ2n) is 3.71. The maximum absolute atomic E-state index is 11.4. The van der Waals surface area contributed by atoms with Crippen LogP contribution in [0.4, 0.5) is 0 Å². The van der Waals surface area contributed by atoms with E-state index in [1.54, 1.807) is 6.20 Å². The van der Waals surface area contributed by atoms with Gasteiger partial charge in [0.25, 0.3) is 0 Å². The molecule has 0 saturated carbocycles. The minimum absolute atomic E-state index is 0.194. The third-order valence-electron chi connectivity index (χ3n) is 2.49. The van der Waals surface area contributed by atoms with Gasteiger partial charge in [-0.15, -0.1) is 0 Å². The van der Waals surface area contributed by atoms with Gasteiger partial charge in [-0.05, 0) is 18.6 Å². The van der Waals surface area contributed by atoms with Crippen molar-refractivity contribution in [2.24, 2.45) is 0 Å². The van der Waals surface area contributed by atoms with Gasteiger partial charge in [0.15, 0.2) is 0 Å². The highest BCUT2D eigenvalue weighted by Crippen LogP contribution is 2.05. The number of carbonyl (C=O) groups excluding carboxylic acids is 2. The Morgan fingerprint density at radius 3 is 3.00 bits per heavy atom. The molecule has 1 aromatic rings. The molecule has 0 spiro atoms. The normalized spacial score (nSPS) is 20.6. The van der Waals surface area contributed by atoms with Gasteiger partial charge in [0, 0.05) is 19.2 Å². The van der Waals surface area contributed by atoms with E-state index in [0.717, 1.165) is 5.69 Å². The van der Waals surface area contributed by atoms with E-state index in [9.17, 15) is 9.59 Å². The topological polar surface area (TPSA) is 71.1 Å². The van der Waals surface area contributed by atoms with Gasteiger partial charge < -0.3 is 5.32 Å². The average Bonchev–Trinajstić information content (AvgIpc) is 2.29. The van der Waals surface area contributed by atoms with Gasteiger partial charge in [0.2, 0.25) is 11.8 Å². The van der Waals surface area contributed by atoms with E-state index >= 15 is 0 Å². The van der Waals surface area contributed by atoms with E-state index in [2.05, 4.69) is 15.6 Å². The highest BCUT2D eigenvalue weighted by Gasteiger charge is 2.25. The van der Waals surface area contributed by atoms with Gasteiger partial charge in [-0.1, -0.05) is 6.07 Å². The van der Waals surface area contributed by atoms with Gasteiger partial charge in [-0.3, -0.25) is 19.9 Å². The van der Waals surface area contributed by atoms with E-state index in [1.807, 2.05) is 18.2 Å². The Balaban J connectivity index is 1.87. The molecule has 84 valence electrons. The Bertz CT molecular complexity index is 391. The van der Waals surface area contributed by atoms with E-state index in [1.165, 1.54) is 0 Å². The Hall–Kier alpha value is -1.75. The van der Waals surface area contributed by atoms with Crippen LogP contribution in [0.2, 0.25) is 0 Å². The lowest BCUT2D eigenvalue weighted by molar-refractivity contribution is -0.134. The number of imide groups is 1. The molecule has 1 fully saturated rings. The van der Waals surface area contributed by atoms with E-state index in [4.69, 9.17) is 0 Å². The van der Waals surface area contributed by atoms with E-state index in [-0.39, 0.29) is 17.9 Å². The molecule has 0 aliphatic carbocycles. The highest BCUT2D eigenvalue weighted by molar-refractivity contribution is 6.00. The molecule has 1 aliphatic heterocycles. The molecule has 0 radical (unpaired) electrons. The molecule has 16 heavy (non-hydrogen) atoms. The fourth-order valence-electron chi connectivity index (χ4n) is 1.62. The lowest BCUT2D eigenvalue weighted by atomic mass is 10.1. The van der Waals surface area contributed by atoms with Crippen LogP contribution in [0.15, 0.2) is 24.4 Å². The summed E-state index contributed by atoms with van der Waals surface area (Å²) in [5.41, 5.74) is 0.882. The third kappa shape index (κ3) is 2.64. The van der Waals surface area contributed by atoms with Gasteiger partial charge in [-0.2, -0.15) is 0 Å². The molecule has 1 unspecified atom stereocenters. The summed E-state index contributed by atoms with van der Waals surface area (Å²) in [6.07, 6.45) is 2.66. The van der Waals surface area contributed by atoms with Crippen molar-refractivity contribution in [2.45, 2.75) is 25.4 Å². The zero-order chi connectivity index (χ0) is 11.4. The fourth-order valence-corrected chi connectivity index (χ4v) is 1.62. The van der Waals surface area contributed by atoms with E-state index in [0.29, 0.717) is 19.4 Å². The number of carbonyl (C=O) groups is 2. The second kappa shape index (κ2) is 4.85. The van der Waals surface area contributed by atoms with E-state index < -0.39 is 0 Å². The van der Waals surface area contributed by atoms with Crippen molar-refractivity contribution in [1.82, 2.24) is 15.6 Å².